The molecule has 0 spiro atoms. The Labute approximate surface area is 178 Å². The van der Waals surface area contributed by atoms with Crippen molar-refractivity contribution in [2.24, 2.45) is 5.41 Å². The van der Waals surface area contributed by atoms with Crippen LogP contribution >= 0.6 is 0 Å². The minimum atomic E-state index is -1.26. The summed E-state index contributed by atoms with van der Waals surface area (Å²) in [5.74, 6) is -1.05. The van der Waals surface area contributed by atoms with Crippen molar-refractivity contribution in [2.45, 2.75) is 19.3 Å². The van der Waals surface area contributed by atoms with E-state index < -0.39 is 17.1 Å². The van der Waals surface area contributed by atoms with Crippen LogP contribution in [0, 0.1) is 16.7 Å². The fourth-order valence-electron chi connectivity index (χ4n) is 4.25. The van der Waals surface area contributed by atoms with Crippen LogP contribution in [0.2, 0.25) is 0 Å². The van der Waals surface area contributed by atoms with Gasteiger partial charge in [0.05, 0.1) is 18.2 Å². The number of allylic oxidation sites excluding steroid dienone is 1. The molecule has 0 aromatic heterocycles. The standard InChI is InChI=1S/C23H30N4O3/c1-23(17-24)20(18-5-3-2-4-6-18)15-21(29)19(22(23)30)16-25-7-8-26-9-11-27(12-10-26)13-14-28/h2-6,16,20,25,28H,7-15H2,1H3. The molecule has 2 atom stereocenters. The smallest absolute Gasteiger partial charge is 0.188 e. The zero-order valence-electron chi connectivity index (χ0n) is 17.5. The third kappa shape index (κ3) is 4.78. The van der Waals surface area contributed by atoms with Gasteiger partial charge in [-0.2, -0.15) is 5.26 Å². The van der Waals surface area contributed by atoms with Gasteiger partial charge in [-0.3, -0.25) is 19.4 Å². The van der Waals surface area contributed by atoms with Gasteiger partial charge in [0, 0.05) is 64.4 Å². The van der Waals surface area contributed by atoms with Gasteiger partial charge in [-0.15, -0.1) is 0 Å². The van der Waals surface area contributed by atoms with Gasteiger partial charge in [-0.1, -0.05) is 30.3 Å². The molecule has 0 amide bonds. The monoisotopic (exact) mass is 410 g/mol. The second kappa shape index (κ2) is 9.98. The lowest BCUT2D eigenvalue weighted by atomic mass is 9.63. The van der Waals surface area contributed by atoms with Crippen LogP contribution < -0.4 is 5.32 Å². The van der Waals surface area contributed by atoms with Crippen molar-refractivity contribution in [3.8, 4) is 6.07 Å². The van der Waals surface area contributed by atoms with E-state index in [4.69, 9.17) is 5.11 Å². The van der Waals surface area contributed by atoms with Crippen molar-refractivity contribution < 1.29 is 14.7 Å². The topological polar surface area (TPSA) is 96.7 Å². The van der Waals surface area contributed by atoms with Crippen LogP contribution in [0.1, 0.15) is 24.8 Å². The van der Waals surface area contributed by atoms with Gasteiger partial charge in [-0.05, 0) is 12.5 Å². The number of ketones is 2. The van der Waals surface area contributed by atoms with E-state index in [1.807, 2.05) is 30.3 Å². The Morgan fingerprint density at radius 3 is 2.40 bits per heavy atom. The molecule has 1 aromatic carbocycles. The number of nitriles is 1. The number of aliphatic hydroxyl groups is 1. The van der Waals surface area contributed by atoms with E-state index in [1.165, 1.54) is 6.20 Å². The quantitative estimate of drug-likeness (QED) is 0.392. The van der Waals surface area contributed by atoms with Gasteiger partial charge >= 0.3 is 0 Å². The minimum Gasteiger partial charge on any atom is -0.395 e. The molecule has 1 aliphatic heterocycles. The lowest BCUT2D eigenvalue weighted by Crippen LogP contribution is -2.48. The van der Waals surface area contributed by atoms with Crippen LogP contribution in [0.3, 0.4) is 0 Å². The minimum absolute atomic E-state index is 0.0963. The molecule has 1 aromatic rings. The van der Waals surface area contributed by atoms with Crippen molar-refractivity contribution in [2.75, 3.05) is 52.4 Å². The number of piperazine rings is 1. The Morgan fingerprint density at radius 1 is 1.17 bits per heavy atom. The summed E-state index contributed by atoms with van der Waals surface area (Å²) in [5, 5.41) is 21.9. The highest BCUT2D eigenvalue weighted by molar-refractivity contribution is 6.25. The second-order valence-corrected chi connectivity index (χ2v) is 8.15. The molecular weight excluding hydrogens is 380 g/mol. The number of β-amino-alcohol motifs (C(OH)–C–C–N with tert-alkyl or cyclic N) is 1. The molecular formula is C23H30N4O3. The number of nitrogens with zero attached hydrogens (tertiary/aromatic N) is 3. The highest BCUT2D eigenvalue weighted by Gasteiger charge is 2.50. The summed E-state index contributed by atoms with van der Waals surface area (Å²) in [4.78, 5) is 30.3. The molecule has 1 saturated heterocycles. The summed E-state index contributed by atoms with van der Waals surface area (Å²) in [5.41, 5.74) is -0.319. The number of carbonyl (C=O) groups is 2. The summed E-state index contributed by atoms with van der Waals surface area (Å²) in [6.07, 6.45) is 1.66. The Kier molecular flexibility index (Phi) is 7.38. The predicted molar refractivity (Wildman–Crippen MR) is 114 cm³/mol. The van der Waals surface area contributed by atoms with Gasteiger partial charge in [0.2, 0.25) is 0 Å². The average Bonchev–Trinajstić information content (AvgIpc) is 2.77. The fraction of sp³-hybridized carbons (Fsp3) is 0.522. The Morgan fingerprint density at radius 2 is 1.80 bits per heavy atom. The van der Waals surface area contributed by atoms with Crippen molar-refractivity contribution in [3.05, 3.63) is 47.7 Å². The number of aliphatic hydroxyl groups excluding tert-OH is 1. The van der Waals surface area contributed by atoms with E-state index in [0.717, 1.165) is 38.3 Å². The Balaban J connectivity index is 1.59. The molecule has 2 fully saturated rings. The molecule has 1 saturated carbocycles. The molecule has 30 heavy (non-hydrogen) atoms. The van der Waals surface area contributed by atoms with Gasteiger partial charge < -0.3 is 10.4 Å². The number of hydrogen-bond acceptors (Lipinski definition) is 7. The van der Waals surface area contributed by atoms with Gasteiger partial charge in [-0.25, -0.2) is 0 Å². The van der Waals surface area contributed by atoms with Crippen molar-refractivity contribution in [1.82, 2.24) is 15.1 Å². The van der Waals surface area contributed by atoms with Crippen LogP contribution in [0.4, 0.5) is 0 Å². The number of benzene rings is 1. The number of carbonyl (C=O) groups excluding carboxylic acids is 2. The number of nitrogens with one attached hydrogen (secondary N) is 1. The maximum absolute atomic E-state index is 13.1. The molecule has 1 heterocycles. The molecule has 7 heteroatoms. The summed E-state index contributed by atoms with van der Waals surface area (Å²) in [6, 6.07) is 11.5. The summed E-state index contributed by atoms with van der Waals surface area (Å²) >= 11 is 0. The lowest BCUT2D eigenvalue weighted by molar-refractivity contribution is -0.130. The number of rotatable bonds is 7. The van der Waals surface area contributed by atoms with Crippen molar-refractivity contribution in [3.63, 3.8) is 0 Å². The molecule has 0 radical (unpaired) electrons. The zero-order chi connectivity index (χ0) is 21.6. The van der Waals surface area contributed by atoms with E-state index in [-0.39, 0.29) is 24.4 Å². The molecule has 1 aliphatic carbocycles. The molecule has 160 valence electrons. The van der Waals surface area contributed by atoms with Crippen molar-refractivity contribution >= 4 is 11.6 Å². The molecule has 0 bridgehead atoms. The maximum atomic E-state index is 13.1. The zero-order valence-corrected chi connectivity index (χ0v) is 17.5. The average molecular weight is 411 g/mol. The first kappa shape index (κ1) is 22.2. The predicted octanol–water partition coefficient (Wildman–Crippen LogP) is 0.925. The van der Waals surface area contributed by atoms with Crippen molar-refractivity contribution in [1.29, 1.82) is 5.26 Å². The van der Waals surface area contributed by atoms with Crippen LogP contribution in [-0.2, 0) is 9.59 Å². The van der Waals surface area contributed by atoms with Gasteiger partial charge in [0.15, 0.2) is 11.6 Å². The van der Waals surface area contributed by atoms with Crippen LogP contribution in [0.25, 0.3) is 0 Å². The Bertz CT molecular complexity index is 825. The van der Waals surface area contributed by atoms with Crippen LogP contribution in [0.15, 0.2) is 42.1 Å². The molecule has 2 unspecified atom stereocenters. The fourth-order valence-corrected chi connectivity index (χ4v) is 4.25. The summed E-state index contributed by atoms with van der Waals surface area (Å²) in [6.45, 7) is 7.69. The third-order valence-corrected chi connectivity index (χ3v) is 6.24. The number of Topliss-reactive ketones (excluding diaryl/α,β-unsaturated/α-hetero) is 2. The van der Waals surface area contributed by atoms with E-state index >= 15 is 0 Å². The largest absolute Gasteiger partial charge is 0.395 e. The second-order valence-electron chi connectivity index (χ2n) is 8.15. The third-order valence-electron chi connectivity index (χ3n) is 6.24. The highest BCUT2D eigenvalue weighted by atomic mass is 16.3. The highest BCUT2D eigenvalue weighted by Crippen LogP contribution is 2.44. The summed E-state index contributed by atoms with van der Waals surface area (Å²) < 4.78 is 0. The SMILES string of the molecule is CC1(C#N)C(=O)C(=CNCCN2CCN(CCO)CC2)C(=O)CC1c1ccccc1. The molecule has 3 rings (SSSR count). The molecule has 2 N–H and O–H groups in total. The van der Waals surface area contributed by atoms with Crippen LogP contribution in [0.5, 0.6) is 0 Å². The van der Waals surface area contributed by atoms with Gasteiger partial charge in [0.25, 0.3) is 0 Å². The van der Waals surface area contributed by atoms with Gasteiger partial charge in [0.1, 0.15) is 5.41 Å². The molecule has 2 aliphatic rings. The lowest BCUT2D eigenvalue weighted by Gasteiger charge is -2.35. The van der Waals surface area contributed by atoms with E-state index in [9.17, 15) is 14.9 Å². The first-order chi connectivity index (χ1) is 14.5. The first-order valence-corrected chi connectivity index (χ1v) is 10.5. The van der Waals surface area contributed by atoms with E-state index in [0.29, 0.717) is 13.1 Å². The number of hydrogen-bond donors (Lipinski definition) is 2. The Hall–Kier alpha value is -2.53. The maximum Gasteiger partial charge on any atom is 0.188 e. The summed E-state index contributed by atoms with van der Waals surface area (Å²) in [7, 11) is 0. The van der Waals surface area contributed by atoms with E-state index in [1.54, 1.807) is 6.92 Å². The first-order valence-electron chi connectivity index (χ1n) is 10.5. The normalized spacial score (nSPS) is 27.2. The van der Waals surface area contributed by atoms with E-state index in [2.05, 4.69) is 21.2 Å². The van der Waals surface area contributed by atoms with Crippen LogP contribution in [-0.4, -0.2) is 78.9 Å². The molecule has 7 nitrogen and oxygen atoms in total.